The minimum absolute atomic E-state index is 0.155. The highest BCUT2D eigenvalue weighted by atomic mass is 32.1. The molecule has 2 aromatic heterocycles. The molecule has 130 valence electrons. The van der Waals surface area contributed by atoms with Crippen LogP contribution in [0.3, 0.4) is 0 Å². The summed E-state index contributed by atoms with van der Waals surface area (Å²) in [6.07, 6.45) is 3.10. The van der Waals surface area contributed by atoms with Crippen LogP contribution in [0.25, 0.3) is 11.6 Å². The minimum Gasteiger partial charge on any atom is -0.507 e. The maximum absolute atomic E-state index is 10.3. The number of nitrogens with zero attached hydrogens (tertiary/aromatic N) is 4. The lowest BCUT2D eigenvalue weighted by Gasteiger charge is -2.21. The number of phenols is 1. The zero-order chi connectivity index (χ0) is 17.8. The molecule has 0 radical (unpaired) electrons. The topological polar surface area (TPSA) is 82.6 Å². The Balaban J connectivity index is 1.91. The molecule has 0 saturated carbocycles. The van der Waals surface area contributed by atoms with Crippen molar-refractivity contribution in [2.75, 3.05) is 18.0 Å². The minimum atomic E-state index is 0.155. The average molecular weight is 357 g/mol. The Hall–Kier alpha value is -2.87. The first-order valence-electron chi connectivity index (χ1n) is 7.97. The van der Waals surface area contributed by atoms with E-state index in [-0.39, 0.29) is 5.75 Å². The number of rotatable bonds is 6. The lowest BCUT2D eigenvalue weighted by Crippen LogP contribution is -2.21. The SMILES string of the molecule is CCN(CC)c1ccc(/C=N\n2c(-c3ccco3)n[nH]c2=S)c(O)c1. The molecular formula is C17H19N5O2S. The predicted molar refractivity (Wildman–Crippen MR) is 99.8 cm³/mol. The van der Waals surface area contributed by atoms with Crippen LogP contribution in [0.2, 0.25) is 0 Å². The van der Waals surface area contributed by atoms with Crippen LogP contribution in [0.5, 0.6) is 5.75 Å². The van der Waals surface area contributed by atoms with Gasteiger partial charge in [-0.25, -0.2) is 5.10 Å². The molecule has 0 saturated heterocycles. The standard InChI is InChI=1S/C17H19N5O2S/c1-3-21(4-2)13-8-7-12(14(23)10-13)11-18-22-16(19-20-17(22)25)15-6-5-9-24-15/h5-11,23H,3-4H2,1-2H3,(H,20,25)/b18-11-. The number of hydrogen-bond acceptors (Lipinski definition) is 6. The molecule has 0 aliphatic carbocycles. The van der Waals surface area contributed by atoms with Gasteiger partial charge in [-0.1, -0.05) is 0 Å². The van der Waals surface area contributed by atoms with Crippen molar-refractivity contribution in [1.82, 2.24) is 14.9 Å². The summed E-state index contributed by atoms with van der Waals surface area (Å²) in [6, 6.07) is 9.04. The third kappa shape index (κ3) is 3.48. The van der Waals surface area contributed by atoms with Gasteiger partial charge in [0.2, 0.25) is 10.6 Å². The Morgan fingerprint density at radius 2 is 2.16 bits per heavy atom. The van der Waals surface area contributed by atoms with E-state index >= 15 is 0 Å². The molecule has 2 N–H and O–H groups in total. The molecule has 3 rings (SSSR count). The van der Waals surface area contributed by atoms with Gasteiger partial charge in [0.15, 0.2) is 5.76 Å². The molecule has 0 atom stereocenters. The summed E-state index contributed by atoms with van der Waals surface area (Å²) in [7, 11) is 0. The van der Waals surface area contributed by atoms with Crippen LogP contribution in [0.1, 0.15) is 19.4 Å². The maximum atomic E-state index is 10.3. The average Bonchev–Trinajstić information content (AvgIpc) is 3.25. The summed E-state index contributed by atoms with van der Waals surface area (Å²) in [6.45, 7) is 5.90. The molecule has 7 nitrogen and oxygen atoms in total. The molecule has 0 fully saturated rings. The number of aromatic amines is 1. The fourth-order valence-corrected chi connectivity index (χ4v) is 2.69. The third-order valence-electron chi connectivity index (χ3n) is 3.85. The van der Waals surface area contributed by atoms with Crippen molar-refractivity contribution in [1.29, 1.82) is 0 Å². The molecule has 0 aliphatic rings. The quantitative estimate of drug-likeness (QED) is 0.520. The van der Waals surface area contributed by atoms with Crippen LogP contribution in [0.4, 0.5) is 5.69 Å². The zero-order valence-electron chi connectivity index (χ0n) is 14.0. The van der Waals surface area contributed by atoms with Crippen LogP contribution in [-0.4, -0.2) is 39.3 Å². The van der Waals surface area contributed by atoms with Gasteiger partial charge in [-0.2, -0.15) is 9.78 Å². The fourth-order valence-electron chi connectivity index (χ4n) is 2.51. The lowest BCUT2D eigenvalue weighted by atomic mass is 10.2. The van der Waals surface area contributed by atoms with Gasteiger partial charge < -0.3 is 14.4 Å². The summed E-state index contributed by atoms with van der Waals surface area (Å²) in [4.78, 5) is 2.15. The van der Waals surface area contributed by atoms with E-state index in [1.54, 1.807) is 30.7 Å². The molecule has 8 heteroatoms. The lowest BCUT2D eigenvalue weighted by molar-refractivity contribution is 0.474. The van der Waals surface area contributed by atoms with Crippen molar-refractivity contribution in [3.8, 4) is 17.3 Å². The normalized spacial score (nSPS) is 11.3. The highest BCUT2D eigenvalue weighted by Crippen LogP contribution is 2.24. The number of aromatic nitrogens is 3. The van der Waals surface area contributed by atoms with Crippen molar-refractivity contribution in [3.63, 3.8) is 0 Å². The monoisotopic (exact) mass is 357 g/mol. The van der Waals surface area contributed by atoms with Crippen molar-refractivity contribution >= 4 is 24.1 Å². The molecule has 25 heavy (non-hydrogen) atoms. The van der Waals surface area contributed by atoms with Gasteiger partial charge in [-0.05, 0) is 50.3 Å². The first-order chi connectivity index (χ1) is 12.1. The maximum Gasteiger partial charge on any atom is 0.219 e. The molecule has 0 unspecified atom stereocenters. The number of anilines is 1. The van der Waals surface area contributed by atoms with E-state index in [9.17, 15) is 5.11 Å². The smallest absolute Gasteiger partial charge is 0.219 e. The molecule has 0 spiro atoms. The fraction of sp³-hybridized carbons (Fsp3) is 0.235. The van der Waals surface area contributed by atoms with Crippen LogP contribution >= 0.6 is 12.2 Å². The largest absolute Gasteiger partial charge is 0.507 e. The Morgan fingerprint density at radius 1 is 1.36 bits per heavy atom. The summed E-state index contributed by atoms with van der Waals surface area (Å²) >= 11 is 5.20. The van der Waals surface area contributed by atoms with Crippen molar-refractivity contribution in [2.24, 2.45) is 5.10 Å². The molecular weight excluding hydrogens is 338 g/mol. The van der Waals surface area contributed by atoms with E-state index < -0.39 is 0 Å². The first kappa shape index (κ1) is 17.0. The molecule has 1 aromatic carbocycles. The number of H-pyrrole nitrogens is 1. The van der Waals surface area contributed by atoms with E-state index in [0.29, 0.717) is 21.9 Å². The molecule has 2 heterocycles. The van der Waals surface area contributed by atoms with E-state index in [0.717, 1.165) is 18.8 Å². The Kier molecular flexibility index (Phi) is 4.99. The number of hydrogen-bond donors (Lipinski definition) is 2. The Morgan fingerprint density at radius 3 is 2.80 bits per heavy atom. The van der Waals surface area contributed by atoms with E-state index in [2.05, 4.69) is 34.0 Å². The summed E-state index contributed by atoms with van der Waals surface area (Å²) in [5.41, 5.74) is 1.56. The zero-order valence-corrected chi connectivity index (χ0v) is 14.8. The summed E-state index contributed by atoms with van der Waals surface area (Å²) in [5.74, 6) is 1.17. The van der Waals surface area contributed by atoms with Crippen LogP contribution in [0, 0.1) is 4.77 Å². The van der Waals surface area contributed by atoms with Gasteiger partial charge in [0.25, 0.3) is 0 Å². The van der Waals surface area contributed by atoms with Gasteiger partial charge in [0.1, 0.15) is 5.75 Å². The number of benzene rings is 1. The van der Waals surface area contributed by atoms with Crippen LogP contribution in [-0.2, 0) is 0 Å². The first-order valence-corrected chi connectivity index (χ1v) is 8.38. The van der Waals surface area contributed by atoms with Crippen molar-refractivity contribution in [3.05, 3.63) is 46.9 Å². The van der Waals surface area contributed by atoms with Gasteiger partial charge in [-0.15, -0.1) is 5.10 Å². The molecule has 0 bridgehead atoms. The number of aromatic hydroxyl groups is 1. The second-order valence-electron chi connectivity index (χ2n) is 5.30. The summed E-state index contributed by atoms with van der Waals surface area (Å²) < 4.78 is 7.12. The number of phenolic OH excluding ortho intramolecular Hbond substituents is 1. The van der Waals surface area contributed by atoms with Gasteiger partial charge in [0.05, 0.1) is 12.5 Å². The molecule has 3 aromatic rings. The van der Waals surface area contributed by atoms with Crippen molar-refractivity contribution < 1.29 is 9.52 Å². The van der Waals surface area contributed by atoms with E-state index in [1.807, 2.05) is 12.1 Å². The van der Waals surface area contributed by atoms with Crippen LogP contribution < -0.4 is 4.90 Å². The number of furan rings is 1. The molecule has 0 aliphatic heterocycles. The Labute approximate surface area is 150 Å². The Bertz CT molecular complexity index is 923. The number of nitrogens with one attached hydrogen (secondary N) is 1. The van der Waals surface area contributed by atoms with E-state index in [4.69, 9.17) is 16.6 Å². The van der Waals surface area contributed by atoms with Gasteiger partial charge >= 0.3 is 0 Å². The van der Waals surface area contributed by atoms with Crippen molar-refractivity contribution in [2.45, 2.75) is 13.8 Å². The second-order valence-corrected chi connectivity index (χ2v) is 5.69. The second kappa shape index (κ2) is 7.35. The highest BCUT2D eigenvalue weighted by molar-refractivity contribution is 7.71. The van der Waals surface area contributed by atoms with Gasteiger partial charge in [-0.3, -0.25) is 0 Å². The summed E-state index contributed by atoms with van der Waals surface area (Å²) in [5, 5.41) is 21.4. The van der Waals surface area contributed by atoms with Crippen LogP contribution in [0.15, 0.2) is 46.1 Å². The predicted octanol–water partition coefficient (Wildman–Crippen LogP) is 3.63. The van der Waals surface area contributed by atoms with Gasteiger partial charge in [0, 0.05) is 30.4 Å². The van der Waals surface area contributed by atoms with E-state index in [1.165, 1.54) is 4.68 Å². The highest BCUT2D eigenvalue weighted by Gasteiger charge is 2.11. The third-order valence-corrected chi connectivity index (χ3v) is 4.11. The molecule has 0 amide bonds.